The number of nitrogens with two attached hydrogens (primary N) is 1. The molecule has 5 heteroatoms. The Balaban J connectivity index is 2.45. The van der Waals surface area contributed by atoms with Gasteiger partial charge in [0.15, 0.2) is 5.69 Å². The summed E-state index contributed by atoms with van der Waals surface area (Å²) >= 11 is 0. The van der Waals surface area contributed by atoms with Crippen LogP contribution < -0.4 is 5.73 Å². The summed E-state index contributed by atoms with van der Waals surface area (Å²) in [6.45, 7) is 8.67. The van der Waals surface area contributed by atoms with Crippen molar-refractivity contribution < 1.29 is 9.53 Å². The molecule has 1 aromatic heterocycles. The Morgan fingerprint density at radius 1 is 1.50 bits per heavy atom. The van der Waals surface area contributed by atoms with E-state index in [0.29, 0.717) is 18.5 Å². The number of nitrogens with zero attached hydrogens (tertiary/aromatic N) is 2. The van der Waals surface area contributed by atoms with Crippen molar-refractivity contribution in [2.45, 2.75) is 59.4 Å². The molecule has 2 N–H and O–H groups in total. The lowest BCUT2D eigenvalue weighted by atomic mass is 9.87. The van der Waals surface area contributed by atoms with Crippen LogP contribution >= 0.6 is 0 Å². The van der Waals surface area contributed by atoms with E-state index in [1.165, 1.54) is 12.8 Å². The molecule has 0 radical (unpaired) electrons. The Morgan fingerprint density at radius 2 is 2.20 bits per heavy atom. The number of aromatic nitrogens is 2. The van der Waals surface area contributed by atoms with E-state index < -0.39 is 5.97 Å². The molecular formula is C15H25N3O2. The number of hydrogen-bond acceptors (Lipinski definition) is 4. The van der Waals surface area contributed by atoms with E-state index in [1.807, 2.05) is 6.92 Å². The minimum Gasteiger partial charge on any atom is -0.461 e. The Bertz CT molecular complexity index is 505. The van der Waals surface area contributed by atoms with Gasteiger partial charge >= 0.3 is 5.97 Å². The zero-order valence-electron chi connectivity index (χ0n) is 12.9. The van der Waals surface area contributed by atoms with Gasteiger partial charge < -0.3 is 15.0 Å². The van der Waals surface area contributed by atoms with E-state index in [4.69, 9.17) is 10.5 Å². The molecule has 0 saturated heterocycles. The van der Waals surface area contributed by atoms with Crippen molar-refractivity contribution in [2.24, 2.45) is 5.41 Å². The van der Waals surface area contributed by atoms with Crippen LogP contribution in [-0.2, 0) is 11.2 Å². The molecule has 1 aliphatic rings. The number of imidazole rings is 1. The SMILES string of the molecule is CCOC(=O)c1nc(CC)n(C2CCCC2(C)C)c1N. The summed E-state index contributed by atoms with van der Waals surface area (Å²) in [6.07, 6.45) is 4.21. The predicted octanol–water partition coefficient (Wildman–Crippen LogP) is 2.96. The zero-order chi connectivity index (χ0) is 14.9. The van der Waals surface area contributed by atoms with Crippen LogP contribution in [0.15, 0.2) is 0 Å². The van der Waals surface area contributed by atoms with Crippen LogP contribution in [0.5, 0.6) is 0 Å². The summed E-state index contributed by atoms with van der Waals surface area (Å²) in [5.74, 6) is 0.917. The van der Waals surface area contributed by atoms with E-state index >= 15 is 0 Å². The molecule has 1 saturated carbocycles. The second kappa shape index (κ2) is 5.46. The number of aryl methyl sites for hydroxylation is 1. The number of hydrogen-bond donors (Lipinski definition) is 1. The maximum absolute atomic E-state index is 11.9. The number of nitrogen functional groups attached to an aromatic ring is 1. The lowest BCUT2D eigenvalue weighted by Gasteiger charge is -2.30. The highest BCUT2D eigenvalue weighted by Gasteiger charge is 2.38. The van der Waals surface area contributed by atoms with Crippen LogP contribution in [0.25, 0.3) is 0 Å². The van der Waals surface area contributed by atoms with Crippen LogP contribution in [0.1, 0.15) is 69.3 Å². The Labute approximate surface area is 120 Å². The van der Waals surface area contributed by atoms with Gasteiger partial charge in [-0.1, -0.05) is 27.2 Å². The molecule has 0 spiro atoms. The normalized spacial score (nSPS) is 21.1. The number of esters is 1. The highest BCUT2D eigenvalue weighted by Crippen LogP contribution is 2.47. The summed E-state index contributed by atoms with van der Waals surface area (Å²) in [5, 5.41) is 0. The molecule has 0 bridgehead atoms. The maximum atomic E-state index is 11.9. The molecule has 1 fully saturated rings. The fraction of sp³-hybridized carbons (Fsp3) is 0.733. The summed E-state index contributed by atoms with van der Waals surface area (Å²) in [4.78, 5) is 16.4. The van der Waals surface area contributed by atoms with Crippen LogP contribution in [0, 0.1) is 5.41 Å². The highest BCUT2D eigenvalue weighted by atomic mass is 16.5. The second-order valence-electron chi connectivity index (χ2n) is 6.10. The van der Waals surface area contributed by atoms with Crippen LogP contribution in [0.2, 0.25) is 0 Å². The number of carbonyl (C=O) groups excluding carboxylic acids is 1. The molecule has 1 unspecified atom stereocenters. The molecule has 1 aliphatic carbocycles. The zero-order valence-corrected chi connectivity index (χ0v) is 12.9. The molecule has 1 aromatic rings. The Hall–Kier alpha value is -1.52. The van der Waals surface area contributed by atoms with Gasteiger partial charge in [-0.15, -0.1) is 0 Å². The van der Waals surface area contributed by atoms with E-state index in [1.54, 1.807) is 6.92 Å². The molecular weight excluding hydrogens is 254 g/mol. The number of ether oxygens (including phenoxy) is 1. The third-order valence-electron chi connectivity index (χ3n) is 4.32. The summed E-state index contributed by atoms with van der Waals surface area (Å²) in [7, 11) is 0. The smallest absolute Gasteiger partial charge is 0.360 e. The molecule has 5 nitrogen and oxygen atoms in total. The number of anilines is 1. The fourth-order valence-electron chi connectivity index (χ4n) is 3.23. The van der Waals surface area contributed by atoms with Crippen molar-refractivity contribution in [1.82, 2.24) is 9.55 Å². The molecule has 0 aromatic carbocycles. The van der Waals surface area contributed by atoms with Crippen molar-refractivity contribution in [3.63, 3.8) is 0 Å². The standard InChI is InChI=1S/C15H25N3O2/c1-5-11-17-12(14(19)20-6-2)13(16)18(11)10-8-7-9-15(10,3)4/h10H,5-9,16H2,1-4H3. The topological polar surface area (TPSA) is 70.1 Å². The van der Waals surface area contributed by atoms with Gasteiger partial charge in [0.2, 0.25) is 0 Å². The van der Waals surface area contributed by atoms with E-state index in [-0.39, 0.29) is 11.1 Å². The van der Waals surface area contributed by atoms with Gasteiger partial charge in [0, 0.05) is 12.5 Å². The van der Waals surface area contributed by atoms with Crippen molar-refractivity contribution >= 4 is 11.8 Å². The average Bonchev–Trinajstić information content (AvgIpc) is 2.89. The van der Waals surface area contributed by atoms with Crippen molar-refractivity contribution in [1.29, 1.82) is 0 Å². The van der Waals surface area contributed by atoms with Gasteiger partial charge in [0.25, 0.3) is 0 Å². The van der Waals surface area contributed by atoms with Gasteiger partial charge in [-0.2, -0.15) is 0 Å². The first kappa shape index (κ1) is 14.9. The quantitative estimate of drug-likeness (QED) is 0.860. The molecule has 1 atom stereocenters. The first-order valence-corrected chi connectivity index (χ1v) is 7.46. The van der Waals surface area contributed by atoms with E-state index in [2.05, 4.69) is 23.4 Å². The molecule has 0 aliphatic heterocycles. The van der Waals surface area contributed by atoms with Gasteiger partial charge in [0.05, 0.1) is 6.61 Å². The van der Waals surface area contributed by atoms with Gasteiger partial charge in [0.1, 0.15) is 11.6 Å². The summed E-state index contributed by atoms with van der Waals surface area (Å²) in [6, 6.07) is 0.313. The maximum Gasteiger partial charge on any atom is 0.360 e. The Kier molecular flexibility index (Phi) is 4.06. The first-order valence-electron chi connectivity index (χ1n) is 7.46. The second-order valence-corrected chi connectivity index (χ2v) is 6.10. The lowest BCUT2D eigenvalue weighted by molar-refractivity contribution is 0.0521. The van der Waals surface area contributed by atoms with Gasteiger partial charge in [-0.05, 0) is 25.2 Å². The van der Waals surface area contributed by atoms with Gasteiger partial charge in [-0.3, -0.25) is 0 Å². The Morgan fingerprint density at radius 3 is 2.70 bits per heavy atom. The largest absolute Gasteiger partial charge is 0.461 e. The fourth-order valence-corrected chi connectivity index (χ4v) is 3.23. The number of carbonyl (C=O) groups is 1. The molecule has 112 valence electrons. The minimum absolute atomic E-state index is 0.185. The van der Waals surface area contributed by atoms with Crippen molar-refractivity contribution in [3.8, 4) is 0 Å². The first-order chi connectivity index (χ1) is 9.42. The summed E-state index contributed by atoms with van der Waals surface area (Å²) in [5.41, 5.74) is 6.67. The minimum atomic E-state index is -0.422. The lowest BCUT2D eigenvalue weighted by Crippen LogP contribution is -2.24. The van der Waals surface area contributed by atoms with Crippen LogP contribution in [0.3, 0.4) is 0 Å². The van der Waals surface area contributed by atoms with Gasteiger partial charge in [-0.25, -0.2) is 9.78 Å². The molecule has 1 heterocycles. The third-order valence-corrected chi connectivity index (χ3v) is 4.32. The van der Waals surface area contributed by atoms with E-state index in [9.17, 15) is 4.79 Å². The summed E-state index contributed by atoms with van der Waals surface area (Å²) < 4.78 is 7.11. The van der Waals surface area contributed by atoms with Crippen molar-refractivity contribution in [2.75, 3.05) is 12.3 Å². The highest BCUT2D eigenvalue weighted by molar-refractivity contribution is 5.92. The predicted molar refractivity (Wildman–Crippen MR) is 78.6 cm³/mol. The molecule has 20 heavy (non-hydrogen) atoms. The molecule has 0 amide bonds. The average molecular weight is 279 g/mol. The monoisotopic (exact) mass is 279 g/mol. The van der Waals surface area contributed by atoms with Crippen molar-refractivity contribution in [3.05, 3.63) is 11.5 Å². The third kappa shape index (κ3) is 2.41. The van der Waals surface area contributed by atoms with Crippen LogP contribution in [-0.4, -0.2) is 22.1 Å². The molecule has 2 rings (SSSR count). The van der Waals surface area contributed by atoms with E-state index in [0.717, 1.165) is 18.7 Å². The number of rotatable bonds is 4. The van der Waals surface area contributed by atoms with Crippen LogP contribution in [0.4, 0.5) is 5.82 Å².